The minimum Gasteiger partial charge on any atom is -0.335 e. The number of amides is 2. The Hall–Kier alpha value is -2.04. The van der Waals surface area contributed by atoms with Gasteiger partial charge in [0.2, 0.25) is 5.91 Å². The lowest BCUT2D eigenvalue weighted by atomic mass is 10.2. The molecule has 12 heteroatoms. The fourth-order valence-electron chi connectivity index (χ4n) is 3.62. The summed E-state index contributed by atoms with van der Waals surface area (Å²) in [5.74, 6) is -0.687. The number of hydrogen-bond donors (Lipinski definition) is 1. The van der Waals surface area contributed by atoms with E-state index in [1.165, 1.54) is 11.3 Å². The summed E-state index contributed by atoms with van der Waals surface area (Å²) in [6.07, 6.45) is -4.55. The Morgan fingerprint density at radius 3 is 2.38 bits per heavy atom. The lowest BCUT2D eigenvalue weighted by molar-refractivity contribution is -0.137. The molecule has 1 N–H and O–H groups in total. The van der Waals surface area contributed by atoms with Gasteiger partial charge in [0.25, 0.3) is 5.91 Å². The Balaban J connectivity index is 1.35. The zero-order valence-electron chi connectivity index (χ0n) is 17.4. The summed E-state index contributed by atoms with van der Waals surface area (Å²) in [4.78, 5) is 29.3. The summed E-state index contributed by atoms with van der Waals surface area (Å²) in [5, 5.41) is 4.16. The number of benzene rings is 2. The molecule has 0 unspecified atom stereocenters. The van der Waals surface area contributed by atoms with Crippen LogP contribution >= 0.6 is 46.1 Å². The van der Waals surface area contributed by atoms with E-state index >= 15 is 0 Å². The molecule has 1 aliphatic heterocycles. The van der Waals surface area contributed by atoms with E-state index in [1.807, 2.05) is 4.90 Å². The van der Waals surface area contributed by atoms with Crippen LogP contribution in [0.4, 0.5) is 18.9 Å². The van der Waals surface area contributed by atoms with Gasteiger partial charge in [0.1, 0.15) is 4.88 Å². The number of hydrogen-bond acceptors (Lipinski definition) is 4. The number of alkyl halides is 3. The topological polar surface area (TPSA) is 52.7 Å². The largest absolute Gasteiger partial charge is 0.416 e. The van der Waals surface area contributed by atoms with Crippen molar-refractivity contribution < 1.29 is 22.8 Å². The highest BCUT2D eigenvalue weighted by molar-refractivity contribution is 7.21. The molecule has 0 radical (unpaired) electrons. The van der Waals surface area contributed by atoms with Crippen molar-refractivity contribution in [3.8, 4) is 0 Å². The van der Waals surface area contributed by atoms with Gasteiger partial charge in [0, 0.05) is 41.3 Å². The van der Waals surface area contributed by atoms with Gasteiger partial charge in [-0.05, 0) is 30.3 Å². The Labute approximate surface area is 212 Å². The van der Waals surface area contributed by atoms with E-state index in [2.05, 4.69) is 5.32 Å². The first kappa shape index (κ1) is 25.1. The van der Waals surface area contributed by atoms with Gasteiger partial charge >= 0.3 is 6.18 Å². The van der Waals surface area contributed by atoms with Crippen LogP contribution in [0.15, 0.2) is 36.4 Å². The SMILES string of the molecule is O=C(CN1CCN(C(=O)c2sc3cc(Cl)ccc3c2Cl)CC1)Nc1cc(C(F)(F)F)ccc1Cl. The highest BCUT2D eigenvalue weighted by Gasteiger charge is 2.31. The predicted octanol–water partition coefficient (Wildman–Crippen LogP) is 6.28. The number of nitrogens with zero attached hydrogens (tertiary/aromatic N) is 2. The molecule has 1 fully saturated rings. The molecule has 1 saturated heterocycles. The summed E-state index contributed by atoms with van der Waals surface area (Å²) in [7, 11) is 0. The first-order valence-electron chi connectivity index (χ1n) is 10.1. The summed E-state index contributed by atoms with van der Waals surface area (Å²) in [6.45, 7) is 1.55. The van der Waals surface area contributed by atoms with Crippen molar-refractivity contribution in [2.75, 3.05) is 38.0 Å². The first-order chi connectivity index (χ1) is 16.0. The monoisotopic (exact) mass is 549 g/mol. The number of carbonyl (C=O) groups is 2. The molecule has 180 valence electrons. The highest BCUT2D eigenvalue weighted by Crippen LogP contribution is 2.37. The average molecular weight is 551 g/mol. The summed E-state index contributed by atoms with van der Waals surface area (Å²) in [5.41, 5.74) is -1.00. The van der Waals surface area contributed by atoms with Crippen molar-refractivity contribution in [2.45, 2.75) is 6.18 Å². The fourth-order valence-corrected chi connectivity index (χ4v) is 5.54. The van der Waals surface area contributed by atoms with E-state index in [4.69, 9.17) is 34.8 Å². The maximum absolute atomic E-state index is 13.0. The van der Waals surface area contributed by atoms with Gasteiger partial charge in [0.05, 0.1) is 27.8 Å². The number of carbonyl (C=O) groups excluding carboxylic acids is 2. The van der Waals surface area contributed by atoms with E-state index in [0.29, 0.717) is 41.1 Å². The molecule has 5 nitrogen and oxygen atoms in total. The third kappa shape index (κ3) is 5.44. The van der Waals surface area contributed by atoms with Crippen LogP contribution in [0.2, 0.25) is 15.1 Å². The lowest BCUT2D eigenvalue weighted by Crippen LogP contribution is -2.50. The van der Waals surface area contributed by atoms with E-state index in [9.17, 15) is 22.8 Å². The Kier molecular flexibility index (Phi) is 7.30. The maximum Gasteiger partial charge on any atom is 0.416 e. The number of piperazine rings is 1. The Bertz CT molecular complexity index is 1260. The van der Waals surface area contributed by atoms with Crippen LogP contribution in [0.3, 0.4) is 0 Å². The van der Waals surface area contributed by atoms with Gasteiger partial charge in [-0.25, -0.2) is 0 Å². The molecule has 0 atom stereocenters. The number of thiophene rings is 1. The Morgan fingerprint density at radius 2 is 1.71 bits per heavy atom. The lowest BCUT2D eigenvalue weighted by Gasteiger charge is -2.34. The molecule has 4 rings (SSSR count). The molecule has 2 heterocycles. The Morgan fingerprint density at radius 1 is 1.00 bits per heavy atom. The summed E-state index contributed by atoms with van der Waals surface area (Å²) < 4.78 is 39.6. The fraction of sp³-hybridized carbons (Fsp3) is 0.273. The molecular formula is C22H17Cl3F3N3O2S. The average Bonchev–Trinajstić information content (AvgIpc) is 3.10. The second kappa shape index (κ2) is 9.91. The third-order valence-electron chi connectivity index (χ3n) is 5.38. The minimum atomic E-state index is -4.55. The third-order valence-corrected chi connectivity index (χ3v) is 7.59. The zero-order valence-corrected chi connectivity index (χ0v) is 20.5. The number of halogens is 6. The standard InChI is InChI=1S/C22H17Cl3F3N3O2S/c23-13-2-3-14-17(10-13)34-20(19(14)25)21(33)31-7-5-30(6-8-31)11-18(32)29-16-9-12(22(26,27)28)1-4-15(16)24/h1-4,9-10H,5-8,11H2,(H,29,32). The van der Waals surface area contributed by atoms with Gasteiger partial charge in [-0.1, -0.05) is 40.9 Å². The van der Waals surface area contributed by atoms with Gasteiger partial charge in [-0.2, -0.15) is 13.2 Å². The van der Waals surface area contributed by atoms with Crippen LogP contribution in [-0.4, -0.2) is 54.3 Å². The van der Waals surface area contributed by atoms with Crippen molar-refractivity contribution >= 4 is 73.7 Å². The molecule has 34 heavy (non-hydrogen) atoms. The smallest absolute Gasteiger partial charge is 0.335 e. The van der Waals surface area contributed by atoms with E-state index in [0.717, 1.165) is 28.3 Å². The molecule has 2 amide bonds. The molecule has 0 spiro atoms. The summed E-state index contributed by atoms with van der Waals surface area (Å²) in [6, 6.07) is 8.01. The minimum absolute atomic E-state index is 0.0123. The number of fused-ring (bicyclic) bond motifs is 1. The molecular weight excluding hydrogens is 534 g/mol. The maximum atomic E-state index is 13.0. The first-order valence-corrected chi connectivity index (χ1v) is 12.0. The van der Waals surface area contributed by atoms with Crippen LogP contribution in [0.25, 0.3) is 10.1 Å². The van der Waals surface area contributed by atoms with Crippen molar-refractivity contribution in [1.82, 2.24) is 9.80 Å². The second-order valence-corrected chi connectivity index (χ2v) is 9.97. The van der Waals surface area contributed by atoms with Crippen LogP contribution in [0.5, 0.6) is 0 Å². The normalized spacial score (nSPS) is 15.1. The molecule has 1 aromatic heterocycles. The van der Waals surface area contributed by atoms with Crippen molar-refractivity contribution in [3.63, 3.8) is 0 Å². The van der Waals surface area contributed by atoms with Crippen molar-refractivity contribution in [1.29, 1.82) is 0 Å². The van der Waals surface area contributed by atoms with Gasteiger partial charge in [-0.3, -0.25) is 14.5 Å². The summed E-state index contributed by atoms with van der Waals surface area (Å²) >= 11 is 19.7. The van der Waals surface area contributed by atoms with Crippen molar-refractivity contribution in [3.05, 3.63) is 61.9 Å². The number of anilines is 1. The number of nitrogens with one attached hydrogen (secondary N) is 1. The molecule has 0 aliphatic carbocycles. The molecule has 3 aromatic rings. The van der Waals surface area contributed by atoms with Crippen LogP contribution in [0, 0.1) is 0 Å². The van der Waals surface area contributed by atoms with Crippen LogP contribution in [0.1, 0.15) is 15.2 Å². The van der Waals surface area contributed by atoms with Crippen LogP contribution < -0.4 is 5.32 Å². The molecule has 2 aromatic carbocycles. The van der Waals surface area contributed by atoms with E-state index in [1.54, 1.807) is 23.1 Å². The molecule has 0 bridgehead atoms. The predicted molar refractivity (Wildman–Crippen MR) is 129 cm³/mol. The van der Waals surface area contributed by atoms with Crippen molar-refractivity contribution in [2.24, 2.45) is 0 Å². The number of rotatable bonds is 4. The highest BCUT2D eigenvalue weighted by atomic mass is 35.5. The van der Waals surface area contributed by atoms with Gasteiger partial charge in [0.15, 0.2) is 0 Å². The zero-order chi connectivity index (χ0) is 24.6. The molecule has 1 aliphatic rings. The van der Waals surface area contributed by atoms with E-state index < -0.39 is 17.6 Å². The van der Waals surface area contributed by atoms with E-state index in [-0.39, 0.29) is 23.2 Å². The van der Waals surface area contributed by atoms with Gasteiger partial charge < -0.3 is 10.2 Å². The van der Waals surface area contributed by atoms with Gasteiger partial charge in [-0.15, -0.1) is 11.3 Å². The quantitative estimate of drug-likeness (QED) is 0.416. The molecule has 0 saturated carbocycles. The second-order valence-electron chi connectivity index (χ2n) is 7.69. The van der Waals surface area contributed by atoms with Crippen LogP contribution in [-0.2, 0) is 11.0 Å².